The SMILES string of the molecule is COc1cc(NC2CCCN(Cc3nccc(N)n3)C2)cc(OC)c1. The van der Waals surface area contributed by atoms with Crippen LogP contribution >= 0.6 is 0 Å². The van der Waals surface area contributed by atoms with E-state index in [0.717, 1.165) is 48.9 Å². The number of ether oxygens (including phenoxy) is 2. The minimum atomic E-state index is 0.353. The lowest BCUT2D eigenvalue weighted by atomic mass is 10.1. The first-order chi connectivity index (χ1) is 12.2. The summed E-state index contributed by atoms with van der Waals surface area (Å²) in [5, 5.41) is 3.59. The van der Waals surface area contributed by atoms with Gasteiger partial charge in [0.1, 0.15) is 23.1 Å². The maximum absolute atomic E-state index is 5.74. The Labute approximate surface area is 148 Å². The molecule has 3 rings (SSSR count). The highest BCUT2D eigenvalue weighted by Crippen LogP contribution is 2.27. The molecule has 0 radical (unpaired) electrons. The normalized spacial score (nSPS) is 17.9. The van der Waals surface area contributed by atoms with Crippen LogP contribution in [0, 0.1) is 0 Å². The molecule has 25 heavy (non-hydrogen) atoms. The Morgan fingerprint density at radius 3 is 2.68 bits per heavy atom. The number of benzene rings is 1. The van der Waals surface area contributed by atoms with Crippen molar-refractivity contribution < 1.29 is 9.47 Å². The fourth-order valence-corrected chi connectivity index (χ4v) is 3.13. The number of piperidine rings is 1. The molecule has 0 amide bonds. The zero-order valence-electron chi connectivity index (χ0n) is 14.7. The van der Waals surface area contributed by atoms with Gasteiger partial charge >= 0.3 is 0 Å². The van der Waals surface area contributed by atoms with Crippen molar-refractivity contribution in [2.45, 2.75) is 25.4 Å². The van der Waals surface area contributed by atoms with Gasteiger partial charge in [0.05, 0.1) is 20.8 Å². The summed E-state index contributed by atoms with van der Waals surface area (Å²) in [5.41, 5.74) is 6.75. The number of hydrogen-bond donors (Lipinski definition) is 2. The highest BCUT2D eigenvalue weighted by molar-refractivity contribution is 5.54. The Bertz CT molecular complexity index is 687. The average molecular weight is 343 g/mol. The van der Waals surface area contributed by atoms with Crippen LogP contribution in [0.2, 0.25) is 0 Å². The van der Waals surface area contributed by atoms with Crippen molar-refractivity contribution in [2.24, 2.45) is 0 Å². The van der Waals surface area contributed by atoms with Crippen LogP contribution in [0.5, 0.6) is 11.5 Å². The lowest BCUT2D eigenvalue weighted by molar-refractivity contribution is 0.204. The van der Waals surface area contributed by atoms with Crippen LogP contribution in [0.1, 0.15) is 18.7 Å². The van der Waals surface area contributed by atoms with Crippen molar-refractivity contribution in [3.63, 3.8) is 0 Å². The first kappa shape index (κ1) is 17.3. The largest absolute Gasteiger partial charge is 0.497 e. The topological polar surface area (TPSA) is 85.5 Å². The van der Waals surface area contributed by atoms with Gasteiger partial charge in [0.2, 0.25) is 0 Å². The molecular weight excluding hydrogens is 318 g/mol. The molecule has 2 aromatic rings. The molecule has 1 saturated heterocycles. The standard InChI is InChI=1S/C18H25N5O2/c1-24-15-8-14(9-16(10-15)25-2)21-13-4-3-7-23(11-13)12-18-20-6-5-17(19)22-18/h5-6,8-10,13,21H,3-4,7,11-12H2,1-2H3,(H2,19,20,22). The molecule has 1 unspecified atom stereocenters. The summed E-state index contributed by atoms with van der Waals surface area (Å²) < 4.78 is 10.7. The highest BCUT2D eigenvalue weighted by Gasteiger charge is 2.21. The fourth-order valence-electron chi connectivity index (χ4n) is 3.13. The summed E-state index contributed by atoms with van der Waals surface area (Å²) in [4.78, 5) is 10.9. The van der Waals surface area contributed by atoms with Gasteiger partial charge < -0.3 is 20.5 Å². The number of methoxy groups -OCH3 is 2. The lowest BCUT2D eigenvalue weighted by Gasteiger charge is -2.33. The molecule has 134 valence electrons. The predicted octanol–water partition coefficient (Wildman–Crippen LogP) is 2.15. The minimum absolute atomic E-state index is 0.353. The Morgan fingerprint density at radius 2 is 2.00 bits per heavy atom. The van der Waals surface area contributed by atoms with Gasteiger partial charge in [0.15, 0.2) is 0 Å². The molecule has 0 bridgehead atoms. The van der Waals surface area contributed by atoms with E-state index in [9.17, 15) is 0 Å². The van der Waals surface area contributed by atoms with Crippen molar-refractivity contribution in [3.05, 3.63) is 36.3 Å². The molecule has 7 nitrogen and oxygen atoms in total. The second-order valence-corrected chi connectivity index (χ2v) is 6.22. The number of anilines is 2. The fraction of sp³-hybridized carbons (Fsp3) is 0.444. The van der Waals surface area contributed by atoms with Crippen LogP contribution in [-0.2, 0) is 6.54 Å². The highest BCUT2D eigenvalue weighted by atomic mass is 16.5. The monoisotopic (exact) mass is 343 g/mol. The van der Waals surface area contributed by atoms with E-state index in [1.807, 2.05) is 18.2 Å². The zero-order chi connectivity index (χ0) is 17.6. The molecule has 7 heteroatoms. The van der Waals surface area contributed by atoms with E-state index in [0.29, 0.717) is 18.4 Å². The lowest BCUT2D eigenvalue weighted by Crippen LogP contribution is -2.41. The third kappa shape index (κ3) is 4.73. The van der Waals surface area contributed by atoms with Crippen LogP contribution in [-0.4, -0.2) is 48.2 Å². The summed E-state index contributed by atoms with van der Waals surface area (Å²) in [6.45, 7) is 2.68. The van der Waals surface area contributed by atoms with Crippen LogP contribution in [0.4, 0.5) is 11.5 Å². The number of nitrogens with two attached hydrogens (primary N) is 1. The van der Waals surface area contributed by atoms with E-state index < -0.39 is 0 Å². The molecule has 1 aliphatic heterocycles. The van der Waals surface area contributed by atoms with Gasteiger partial charge in [-0.05, 0) is 25.5 Å². The van der Waals surface area contributed by atoms with E-state index in [1.54, 1.807) is 26.5 Å². The maximum atomic E-state index is 5.74. The van der Waals surface area contributed by atoms with Crippen molar-refractivity contribution in [1.29, 1.82) is 0 Å². The molecule has 0 aliphatic carbocycles. The van der Waals surface area contributed by atoms with Crippen molar-refractivity contribution >= 4 is 11.5 Å². The van der Waals surface area contributed by atoms with Crippen molar-refractivity contribution in [3.8, 4) is 11.5 Å². The Balaban J connectivity index is 1.63. The van der Waals surface area contributed by atoms with Crippen LogP contribution in [0.25, 0.3) is 0 Å². The second-order valence-electron chi connectivity index (χ2n) is 6.22. The Morgan fingerprint density at radius 1 is 1.24 bits per heavy atom. The number of nitrogens with one attached hydrogen (secondary N) is 1. The maximum Gasteiger partial charge on any atom is 0.144 e. The number of hydrogen-bond acceptors (Lipinski definition) is 7. The smallest absolute Gasteiger partial charge is 0.144 e. The van der Waals surface area contributed by atoms with Crippen molar-refractivity contribution in [1.82, 2.24) is 14.9 Å². The van der Waals surface area contributed by atoms with E-state index in [-0.39, 0.29) is 0 Å². The molecule has 1 aliphatic rings. The first-order valence-corrected chi connectivity index (χ1v) is 8.45. The second kappa shape index (κ2) is 8.02. The Hall–Kier alpha value is -2.54. The minimum Gasteiger partial charge on any atom is -0.497 e. The summed E-state index contributed by atoms with van der Waals surface area (Å²) in [7, 11) is 3.32. The molecule has 1 aromatic heterocycles. The average Bonchev–Trinajstić information content (AvgIpc) is 2.61. The number of rotatable bonds is 6. The van der Waals surface area contributed by atoms with Gasteiger partial charge in [-0.1, -0.05) is 0 Å². The number of nitrogens with zero attached hydrogens (tertiary/aromatic N) is 3. The third-order valence-electron chi connectivity index (χ3n) is 4.32. The number of aromatic nitrogens is 2. The molecular formula is C18H25N5O2. The van der Waals surface area contributed by atoms with E-state index in [2.05, 4.69) is 20.2 Å². The quantitative estimate of drug-likeness (QED) is 0.831. The van der Waals surface area contributed by atoms with Gasteiger partial charge in [-0.2, -0.15) is 0 Å². The van der Waals surface area contributed by atoms with E-state index >= 15 is 0 Å². The van der Waals surface area contributed by atoms with Crippen LogP contribution < -0.4 is 20.5 Å². The third-order valence-corrected chi connectivity index (χ3v) is 4.32. The zero-order valence-corrected chi connectivity index (χ0v) is 14.7. The summed E-state index contributed by atoms with van der Waals surface area (Å²) >= 11 is 0. The van der Waals surface area contributed by atoms with E-state index in [1.165, 1.54) is 0 Å². The number of likely N-dealkylation sites (tertiary alicyclic amines) is 1. The van der Waals surface area contributed by atoms with E-state index in [4.69, 9.17) is 15.2 Å². The predicted molar refractivity (Wildman–Crippen MR) is 97.9 cm³/mol. The van der Waals surface area contributed by atoms with Gasteiger partial charge in [0.25, 0.3) is 0 Å². The van der Waals surface area contributed by atoms with Gasteiger partial charge in [-0.25, -0.2) is 9.97 Å². The number of nitrogen functional groups attached to an aromatic ring is 1. The summed E-state index contributed by atoms with van der Waals surface area (Å²) in [6.07, 6.45) is 3.95. The molecule has 0 spiro atoms. The van der Waals surface area contributed by atoms with Gasteiger partial charge in [-0.3, -0.25) is 4.90 Å². The first-order valence-electron chi connectivity index (χ1n) is 8.45. The van der Waals surface area contributed by atoms with Crippen molar-refractivity contribution in [2.75, 3.05) is 38.4 Å². The molecule has 0 saturated carbocycles. The summed E-state index contributed by atoms with van der Waals surface area (Å²) in [5.74, 6) is 2.84. The van der Waals surface area contributed by atoms with Gasteiger partial charge in [-0.15, -0.1) is 0 Å². The van der Waals surface area contributed by atoms with Gasteiger partial charge in [0, 0.05) is 42.7 Å². The molecule has 1 aromatic carbocycles. The van der Waals surface area contributed by atoms with Crippen LogP contribution in [0.15, 0.2) is 30.5 Å². The Kier molecular flexibility index (Phi) is 5.55. The molecule has 1 atom stereocenters. The molecule has 2 heterocycles. The summed E-state index contributed by atoms with van der Waals surface area (Å²) in [6, 6.07) is 7.91. The van der Waals surface area contributed by atoms with Crippen LogP contribution in [0.3, 0.4) is 0 Å². The molecule has 3 N–H and O–H groups in total. The molecule has 1 fully saturated rings.